The summed E-state index contributed by atoms with van der Waals surface area (Å²) in [5.74, 6) is 1.33. The third kappa shape index (κ3) is 3.02. The number of hydrogen-bond acceptors (Lipinski definition) is 6. The zero-order valence-electron chi connectivity index (χ0n) is 14.0. The van der Waals surface area contributed by atoms with Gasteiger partial charge in [-0.05, 0) is 25.0 Å². The van der Waals surface area contributed by atoms with Gasteiger partial charge in [0, 0.05) is 26.3 Å². The van der Waals surface area contributed by atoms with Crippen LogP contribution in [0.25, 0.3) is 11.0 Å². The summed E-state index contributed by atoms with van der Waals surface area (Å²) in [4.78, 5) is 27.6. The van der Waals surface area contributed by atoms with Gasteiger partial charge >= 0.3 is 0 Å². The zero-order chi connectivity index (χ0) is 17.2. The van der Waals surface area contributed by atoms with Crippen LogP contribution in [0, 0.1) is 5.92 Å². The maximum atomic E-state index is 12.6. The predicted molar refractivity (Wildman–Crippen MR) is 94.1 cm³/mol. The molecule has 0 radical (unpaired) electrons. The number of fused-ring (bicyclic) bond motifs is 1. The van der Waals surface area contributed by atoms with Crippen LogP contribution >= 0.6 is 0 Å². The quantitative estimate of drug-likeness (QED) is 0.781. The number of aromatic nitrogens is 5. The summed E-state index contributed by atoms with van der Waals surface area (Å²) in [6.45, 7) is 1.49. The smallest absolute Gasteiger partial charge is 0.230 e. The number of nitrogens with one attached hydrogen (secondary N) is 1. The van der Waals surface area contributed by atoms with Gasteiger partial charge < -0.3 is 10.2 Å². The summed E-state index contributed by atoms with van der Waals surface area (Å²) < 4.78 is 1.73. The number of hydrogen-bond donors (Lipinski definition) is 1. The highest BCUT2D eigenvalue weighted by atomic mass is 16.2. The van der Waals surface area contributed by atoms with Crippen molar-refractivity contribution in [3.8, 4) is 0 Å². The number of anilines is 2. The van der Waals surface area contributed by atoms with Crippen molar-refractivity contribution in [3.63, 3.8) is 0 Å². The van der Waals surface area contributed by atoms with Crippen molar-refractivity contribution in [2.45, 2.75) is 12.8 Å². The Morgan fingerprint density at radius 2 is 2.20 bits per heavy atom. The van der Waals surface area contributed by atoms with Gasteiger partial charge in [-0.25, -0.2) is 15.0 Å². The Kier molecular flexibility index (Phi) is 4.01. The van der Waals surface area contributed by atoms with Crippen LogP contribution in [0.2, 0.25) is 0 Å². The van der Waals surface area contributed by atoms with Crippen LogP contribution in [0.5, 0.6) is 0 Å². The van der Waals surface area contributed by atoms with Crippen molar-refractivity contribution in [3.05, 3.63) is 36.9 Å². The lowest BCUT2D eigenvalue weighted by molar-refractivity contribution is -0.120. The lowest BCUT2D eigenvalue weighted by atomic mass is 9.97. The molecule has 3 aromatic heterocycles. The molecule has 8 heteroatoms. The normalized spacial score (nSPS) is 17.6. The molecule has 1 fully saturated rings. The zero-order valence-corrected chi connectivity index (χ0v) is 14.0. The first-order valence-corrected chi connectivity index (χ1v) is 8.32. The van der Waals surface area contributed by atoms with Crippen LogP contribution in [0.1, 0.15) is 12.8 Å². The van der Waals surface area contributed by atoms with E-state index in [-0.39, 0.29) is 11.8 Å². The molecule has 0 aliphatic carbocycles. The SMILES string of the molecule is Cn1ncc2c(N3CCC[C@@H](C(=O)Nc4ccccn4)C3)ncnc21. The summed E-state index contributed by atoms with van der Waals surface area (Å²) in [6.07, 6.45) is 6.80. The van der Waals surface area contributed by atoms with Crippen LogP contribution < -0.4 is 10.2 Å². The Hall–Kier alpha value is -3.03. The second-order valence-corrected chi connectivity index (χ2v) is 6.19. The van der Waals surface area contributed by atoms with Crippen LogP contribution in [0.3, 0.4) is 0 Å². The molecule has 4 heterocycles. The highest BCUT2D eigenvalue weighted by molar-refractivity contribution is 5.92. The number of amides is 1. The maximum absolute atomic E-state index is 12.6. The predicted octanol–water partition coefficient (Wildman–Crippen LogP) is 1.61. The number of aryl methyl sites for hydroxylation is 1. The summed E-state index contributed by atoms with van der Waals surface area (Å²) in [5, 5.41) is 8.07. The van der Waals surface area contributed by atoms with Gasteiger partial charge in [0.2, 0.25) is 5.91 Å². The van der Waals surface area contributed by atoms with Gasteiger partial charge in [-0.1, -0.05) is 6.07 Å². The van der Waals surface area contributed by atoms with Crippen molar-refractivity contribution in [2.24, 2.45) is 13.0 Å². The van der Waals surface area contributed by atoms with Crippen LogP contribution in [0.15, 0.2) is 36.9 Å². The molecule has 8 nitrogen and oxygen atoms in total. The first-order valence-electron chi connectivity index (χ1n) is 8.32. The van der Waals surface area contributed by atoms with Crippen molar-refractivity contribution in [2.75, 3.05) is 23.3 Å². The summed E-state index contributed by atoms with van der Waals surface area (Å²) in [5.41, 5.74) is 0.796. The molecule has 1 saturated heterocycles. The molecule has 1 aliphatic rings. The second-order valence-electron chi connectivity index (χ2n) is 6.19. The molecule has 128 valence electrons. The molecule has 1 atom stereocenters. The monoisotopic (exact) mass is 337 g/mol. The molecular formula is C17H19N7O. The van der Waals surface area contributed by atoms with Crippen LogP contribution in [-0.4, -0.2) is 43.7 Å². The number of piperidine rings is 1. The van der Waals surface area contributed by atoms with Crippen molar-refractivity contribution in [1.82, 2.24) is 24.7 Å². The third-order valence-electron chi connectivity index (χ3n) is 4.52. The number of rotatable bonds is 3. The first-order chi connectivity index (χ1) is 12.2. The van der Waals surface area contributed by atoms with Crippen molar-refractivity contribution < 1.29 is 4.79 Å². The molecular weight excluding hydrogens is 318 g/mol. The lowest BCUT2D eigenvalue weighted by Crippen LogP contribution is -2.41. The van der Waals surface area contributed by atoms with Gasteiger partial charge in [-0.15, -0.1) is 0 Å². The minimum absolute atomic E-state index is 0.000105. The minimum atomic E-state index is -0.0996. The largest absolute Gasteiger partial charge is 0.355 e. The Bertz CT molecular complexity index is 892. The van der Waals surface area contributed by atoms with E-state index in [1.807, 2.05) is 19.2 Å². The van der Waals surface area contributed by atoms with Gasteiger partial charge in [0.25, 0.3) is 0 Å². The highest BCUT2D eigenvalue weighted by Gasteiger charge is 2.28. The molecule has 1 amide bonds. The minimum Gasteiger partial charge on any atom is -0.355 e. The van der Waals surface area contributed by atoms with E-state index in [9.17, 15) is 4.79 Å². The van der Waals surface area contributed by atoms with Crippen molar-refractivity contribution in [1.29, 1.82) is 0 Å². The molecule has 1 N–H and O–H groups in total. The topological polar surface area (TPSA) is 88.8 Å². The van der Waals surface area contributed by atoms with E-state index >= 15 is 0 Å². The fourth-order valence-corrected chi connectivity index (χ4v) is 3.25. The lowest BCUT2D eigenvalue weighted by Gasteiger charge is -2.32. The van der Waals surface area contributed by atoms with Gasteiger partial charge in [0.15, 0.2) is 5.65 Å². The Morgan fingerprint density at radius 1 is 1.28 bits per heavy atom. The van der Waals surface area contributed by atoms with Gasteiger partial charge in [-0.3, -0.25) is 9.48 Å². The fourth-order valence-electron chi connectivity index (χ4n) is 3.25. The molecule has 25 heavy (non-hydrogen) atoms. The highest BCUT2D eigenvalue weighted by Crippen LogP contribution is 2.27. The number of carbonyl (C=O) groups excluding carboxylic acids is 1. The summed E-state index contributed by atoms with van der Waals surface area (Å²) >= 11 is 0. The molecule has 0 spiro atoms. The number of pyridine rings is 1. The van der Waals surface area contributed by atoms with E-state index < -0.39 is 0 Å². The van der Waals surface area contributed by atoms with Crippen molar-refractivity contribution >= 4 is 28.6 Å². The van der Waals surface area contributed by atoms with E-state index in [0.29, 0.717) is 12.4 Å². The molecule has 0 bridgehead atoms. The number of carbonyl (C=O) groups is 1. The van der Waals surface area contributed by atoms with Gasteiger partial charge in [-0.2, -0.15) is 5.10 Å². The maximum Gasteiger partial charge on any atom is 0.230 e. The van der Waals surface area contributed by atoms with E-state index in [4.69, 9.17) is 0 Å². The van der Waals surface area contributed by atoms with Gasteiger partial charge in [0.1, 0.15) is 18.0 Å². The Labute approximate surface area is 144 Å². The number of nitrogens with zero attached hydrogens (tertiary/aromatic N) is 6. The van der Waals surface area contributed by atoms with Crippen LogP contribution in [0.4, 0.5) is 11.6 Å². The molecule has 1 aliphatic heterocycles. The molecule has 4 rings (SSSR count). The van der Waals surface area contributed by atoms with Gasteiger partial charge in [0.05, 0.1) is 17.5 Å². The van der Waals surface area contributed by atoms with E-state index in [1.165, 1.54) is 0 Å². The summed E-state index contributed by atoms with van der Waals surface area (Å²) in [6, 6.07) is 5.48. The Balaban J connectivity index is 1.53. The first kappa shape index (κ1) is 15.5. The average molecular weight is 337 g/mol. The van der Waals surface area contributed by atoms with Crippen LogP contribution in [-0.2, 0) is 11.8 Å². The molecule has 3 aromatic rings. The average Bonchev–Trinajstić information content (AvgIpc) is 3.04. The summed E-state index contributed by atoms with van der Waals surface area (Å²) in [7, 11) is 1.86. The second kappa shape index (κ2) is 6.46. The fraction of sp³-hybridized carbons (Fsp3) is 0.353. The van der Waals surface area contributed by atoms with E-state index in [2.05, 4.69) is 30.3 Å². The standard InChI is InChI=1S/C17H19N7O/c1-23-15-13(9-21-23)16(20-11-19-15)24-8-4-5-12(10-24)17(25)22-14-6-2-3-7-18-14/h2-3,6-7,9,11-12H,4-5,8,10H2,1H3,(H,18,22,25)/t12-/m1/s1. The van der Waals surface area contributed by atoms with E-state index in [1.54, 1.807) is 29.5 Å². The Morgan fingerprint density at radius 3 is 3.04 bits per heavy atom. The molecule has 0 unspecified atom stereocenters. The molecule has 0 saturated carbocycles. The van der Waals surface area contributed by atoms with E-state index in [0.717, 1.165) is 36.2 Å². The third-order valence-corrected chi connectivity index (χ3v) is 4.52. The molecule has 0 aromatic carbocycles.